The summed E-state index contributed by atoms with van der Waals surface area (Å²) in [6.07, 6.45) is 9.18. The van der Waals surface area contributed by atoms with Gasteiger partial charge in [-0.25, -0.2) is 0 Å². The van der Waals surface area contributed by atoms with Crippen molar-refractivity contribution in [1.29, 1.82) is 0 Å². The number of hydrazone groups is 1. The Kier molecular flexibility index (Phi) is 7.03. The van der Waals surface area contributed by atoms with E-state index in [1.54, 1.807) is 0 Å². The van der Waals surface area contributed by atoms with Crippen molar-refractivity contribution in [2.24, 2.45) is 5.10 Å². The molecule has 3 nitrogen and oxygen atoms in total. The first kappa shape index (κ1) is 21.6. The molecule has 31 heavy (non-hydrogen) atoms. The maximum atomic E-state index is 6.10. The summed E-state index contributed by atoms with van der Waals surface area (Å²) in [5.41, 5.74) is 6.63. The second-order valence-corrected chi connectivity index (χ2v) is 8.94. The zero-order valence-electron chi connectivity index (χ0n) is 19.0. The minimum atomic E-state index is 0.110. The molecular weight excluding hydrogens is 380 g/mol. The molecule has 2 aliphatic heterocycles. The maximum Gasteiger partial charge on any atom is 0.129 e. The number of epoxide rings is 1. The number of benzene rings is 2. The van der Waals surface area contributed by atoms with Crippen LogP contribution in [0.5, 0.6) is 0 Å². The minimum absolute atomic E-state index is 0.110. The van der Waals surface area contributed by atoms with Crippen molar-refractivity contribution in [3.8, 4) is 0 Å². The van der Waals surface area contributed by atoms with Gasteiger partial charge >= 0.3 is 0 Å². The molecule has 3 heteroatoms. The lowest BCUT2D eigenvalue weighted by Gasteiger charge is -2.06. The molecule has 2 aromatic carbocycles. The van der Waals surface area contributed by atoms with Crippen molar-refractivity contribution in [2.45, 2.75) is 64.7 Å². The topological polar surface area (TPSA) is 27.9 Å². The van der Waals surface area contributed by atoms with Gasteiger partial charge in [0.25, 0.3) is 0 Å². The molecule has 3 unspecified atom stereocenters. The van der Waals surface area contributed by atoms with Gasteiger partial charge in [-0.1, -0.05) is 84.0 Å². The molecule has 4 rings (SSSR count). The fourth-order valence-electron chi connectivity index (χ4n) is 4.03. The summed E-state index contributed by atoms with van der Waals surface area (Å²) < 4.78 is 6.10. The van der Waals surface area contributed by atoms with Crippen molar-refractivity contribution in [1.82, 2.24) is 5.01 Å². The summed E-state index contributed by atoms with van der Waals surface area (Å²) in [5.74, 6) is 0. The summed E-state index contributed by atoms with van der Waals surface area (Å²) >= 11 is 0. The predicted molar refractivity (Wildman–Crippen MR) is 129 cm³/mol. The van der Waals surface area contributed by atoms with Crippen LogP contribution in [0.4, 0.5) is 0 Å². The Labute approximate surface area is 187 Å². The molecule has 3 atom stereocenters. The van der Waals surface area contributed by atoms with Crippen molar-refractivity contribution in [3.63, 3.8) is 0 Å². The van der Waals surface area contributed by atoms with Gasteiger partial charge in [0.15, 0.2) is 0 Å². The molecule has 2 aromatic rings. The van der Waals surface area contributed by atoms with Gasteiger partial charge in [-0.15, -0.1) is 0 Å². The predicted octanol–water partition coefficient (Wildman–Crippen LogP) is 7.01. The highest BCUT2D eigenvalue weighted by Crippen LogP contribution is 2.42. The molecule has 162 valence electrons. The van der Waals surface area contributed by atoms with Crippen molar-refractivity contribution >= 4 is 5.71 Å². The standard InChI is InChI=1S/C28H34N2O/c1-21(2)12-10-13-22(3)14-11-19-25(28-27(31-28)24-17-8-5-9-18-24)29-30-20-26(30)23-15-6-4-7-16-23/h4-9,12,14-18,26-28H,10-11,13,19-20H2,1-3H3/b22-14+,29-25-. The number of hydrogen-bond donors (Lipinski definition) is 0. The molecule has 0 spiro atoms. The molecule has 2 saturated heterocycles. The van der Waals surface area contributed by atoms with Crippen LogP contribution in [0.3, 0.4) is 0 Å². The van der Waals surface area contributed by atoms with Crippen LogP contribution >= 0.6 is 0 Å². The maximum absolute atomic E-state index is 6.10. The van der Waals surface area contributed by atoms with E-state index in [0.29, 0.717) is 6.04 Å². The largest absolute Gasteiger partial charge is 0.358 e. The lowest BCUT2D eigenvalue weighted by Crippen LogP contribution is -2.11. The van der Waals surface area contributed by atoms with E-state index in [0.717, 1.165) is 32.2 Å². The first-order valence-electron chi connectivity index (χ1n) is 11.5. The van der Waals surface area contributed by atoms with Gasteiger partial charge in [0, 0.05) is 0 Å². The van der Waals surface area contributed by atoms with Crippen molar-refractivity contribution in [3.05, 3.63) is 95.1 Å². The summed E-state index contributed by atoms with van der Waals surface area (Å²) in [6.45, 7) is 7.56. The van der Waals surface area contributed by atoms with Crippen LogP contribution in [0.1, 0.15) is 69.7 Å². The molecule has 0 saturated carbocycles. The van der Waals surface area contributed by atoms with Gasteiger partial charge in [-0.05, 0) is 57.6 Å². The monoisotopic (exact) mass is 414 g/mol. The fourth-order valence-corrected chi connectivity index (χ4v) is 4.03. The van der Waals surface area contributed by atoms with Gasteiger partial charge in [-0.2, -0.15) is 5.10 Å². The molecule has 0 aliphatic carbocycles. The van der Waals surface area contributed by atoms with E-state index < -0.39 is 0 Å². The van der Waals surface area contributed by atoms with Crippen LogP contribution in [0.25, 0.3) is 0 Å². The van der Waals surface area contributed by atoms with E-state index in [-0.39, 0.29) is 12.2 Å². The smallest absolute Gasteiger partial charge is 0.129 e. The highest BCUT2D eigenvalue weighted by molar-refractivity contribution is 5.91. The number of nitrogens with zero attached hydrogens (tertiary/aromatic N) is 2. The molecule has 0 amide bonds. The first-order chi connectivity index (χ1) is 15.1. The second kappa shape index (κ2) is 10.1. The fraction of sp³-hybridized carbons (Fsp3) is 0.393. The van der Waals surface area contributed by atoms with E-state index in [4.69, 9.17) is 9.84 Å². The van der Waals surface area contributed by atoms with Gasteiger partial charge in [-0.3, -0.25) is 5.01 Å². The van der Waals surface area contributed by atoms with Gasteiger partial charge in [0.05, 0.1) is 18.3 Å². The average Bonchev–Trinajstić information content (AvgIpc) is 3.69. The number of hydrogen-bond acceptors (Lipinski definition) is 3. The number of rotatable bonds is 10. The summed E-state index contributed by atoms with van der Waals surface area (Å²) in [5, 5.41) is 7.26. The molecule has 0 radical (unpaired) electrons. The highest BCUT2D eigenvalue weighted by atomic mass is 16.6. The Morgan fingerprint density at radius 1 is 0.903 bits per heavy atom. The van der Waals surface area contributed by atoms with E-state index in [1.807, 2.05) is 0 Å². The molecule has 2 aliphatic rings. The van der Waals surface area contributed by atoms with Gasteiger partial charge < -0.3 is 4.74 Å². The first-order valence-corrected chi connectivity index (χ1v) is 11.5. The van der Waals surface area contributed by atoms with E-state index >= 15 is 0 Å². The molecular formula is C28H34N2O. The summed E-state index contributed by atoms with van der Waals surface area (Å²) in [4.78, 5) is 0. The van der Waals surface area contributed by atoms with Gasteiger partial charge in [0.2, 0.25) is 0 Å². The van der Waals surface area contributed by atoms with E-state index in [9.17, 15) is 0 Å². The Hall–Kier alpha value is -2.65. The molecule has 2 heterocycles. The molecule has 0 aromatic heterocycles. The average molecular weight is 415 g/mol. The lowest BCUT2D eigenvalue weighted by molar-refractivity contribution is 0.396. The van der Waals surface area contributed by atoms with E-state index in [1.165, 1.54) is 28.0 Å². The Morgan fingerprint density at radius 2 is 1.55 bits per heavy atom. The number of allylic oxidation sites excluding steroid dienone is 4. The normalized spacial score (nSPS) is 22.9. The lowest BCUT2D eigenvalue weighted by atomic mass is 10.0. The Bertz CT molecular complexity index is 941. The zero-order valence-corrected chi connectivity index (χ0v) is 19.0. The number of ether oxygens (including phenoxy) is 1. The Balaban J connectivity index is 1.40. The SMILES string of the molecule is CC(C)=CCC/C(C)=C/CC/C(=N/N1CC1c1ccccc1)C1OC1c1ccccc1. The third kappa shape index (κ3) is 6.18. The van der Waals surface area contributed by atoms with E-state index in [2.05, 4.69) is 98.6 Å². The third-order valence-electron chi connectivity index (χ3n) is 5.96. The highest BCUT2D eigenvalue weighted by Gasteiger charge is 2.45. The van der Waals surface area contributed by atoms with Crippen molar-refractivity contribution in [2.75, 3.05) is 6.54 Å². The van der Waals surface area contributed by atoms with Crippen molar-refractivity contribution < 1.29 is 4.74 Å². The van der Waals surface area contributed by atoms with Crippen LogP contribution in [-0.4, -0.2) is 23.4 Å². The molecule has 0 bridgehead atoms. The molecule has 2 fully saturated rings. The van der Waals surface area contributed by atoms with Gasteiger partial charge in [0.1, 0.15) is 12.2 Å². The van der Waals surface area contributed by atoms with Crippen LogP contribution in [0.15, 0.2) is 89.1 Å². The Morgan fingerprint density at radius 3 is 2.23 bits per heavy atom. The van der Waals surface area contributed by atoms with Crippen LogP contribution in [0.2, 0.25) is 0 Å². The second-order valence-electron chi connectivity index (χ2n) is 8.94. The van der Waals surface area contributed by atoms with Crippen LogP contribution in [-0.2, 0) is 4.74 Å². The summed E-state index contributed by atoms with van der Waals surface area (Å²) in [6, 6.07) is 21.6. The minimum Gasteiger partial charge on any atom is -0.358 e. The summed E-state index contributed by atoms with van der Waals surface area (Å²) in [7, 11) is 0. The van der Waals surface area contributed by atoms with Crippen LogP contribution < -0.4 is 0 Å². The van der Waals surface area contributed by atoms with Crippen LogP contribution in [0, 0.1) is 0 Å². The quantitative estimate of drug-likeness (QED) is 0.237. The molecule has 0 N–H and O–H groups in total. The third-order valence-corrected chi connectivity index (χ3v) is 5.96. The zero-order chi connectivity index (χ0) is 21.6.